The number of carbonyl (C=O) groups excluding carboxylic acids is 2. The molecule has 0 aromatic rings. The highest BCUT2D eigenvalue weighted by atomic mass is 16.6. The molecule has 32 heavy (non-hydrogen) atoms. The van der Waals surface area contributed by atoms with Gasteiger partial charge < -0.3 is 19.9 Å². The molecule has 2 N–H and O–H groups in total. The summed E-state index contributed by atoms with van der Waals surface area (Å²) < 4.78 is 11.3. The number of unbranched alkanes of at least 4 members (excludes halogenated alkanes) is 1. The summed E-state index contributed by atoms with van der Waals surface area (Å²) >= 11 is 0. The van der Waals surface area contributed by atoms with E-state index in [1.165, 1.54) is 10.1 Å². The minimum Gasteiger partial charge on any atom is -0.460 e. The van der Waals surface area contributed by atoms with Crippen molar-refractivity contribution in [3.63, 3.8) is 0 Å². The third-order valence-corrected chi connectivity index (χ3v) is 7.41. The van der Waals surface area contributed by atoms with Gasteiger partial charge in [0.15, 0.2) is 0 Å². The average molecular weight is 457 g/mol. The number of hydroxylamine groups is 4. The van der Waals surface area contributed by atoms with Crippen LogP contribution in [-0.2, 0) is 19.1 Å². The third-order valence-electron chi connectivity index (χ3n) is 7.41. The molecule has 2 atom stereocenters. The Bertz CT molecular complexity index is 630. The fourth-order valence-electron chi connectivity index (χ4n) is 5.10. The second-order valence-electron chi connectivity index (χ2n) is 11.8. The molecule has 2 aliphatic heterocycles. The molecule has 0 aromatic carbocycles. The number of nitrogens with zero attached hydrogens (tertiary/aromatic N) is 2. The first-order valence-corrected chi connectivity index (χ1v) is 11.9. The zero-order valence-electron chi connectivity index (χ0n) is 21.2. The van der Waals surface area contributed by atoms with Crippen LogP contribution >= 0.6 is 0 Å². The predicted octanol–water partition coefficient (Wildman–Crippen LogP) is 4.45. The van der Waals surface area contributed by atoms with Crippen LogP contribution in [0.1, 0.15) is 107 Å². The molecular weight excluding hydrogens is 412 g/mol. The summed E-state index contributed by atoms with van der Waals surface area (Å²) in [7, 11) is 0. The highest BCUT2D eigenvalue weighted by molar-refractivity contribution is 5.71. The van der Waals surface area contributed by atoms with Crippen LogP contribution in [0.15, 0.2) is 0 Å². The van der Waals surface area contributed by atoms with Crippen LogP contribution < -0.4 is 0 Å². The molecule has 2 fully saturated rings. The molecule has 0 amide bonds. The Balaban J connectivity index is 1.73. The van der Waals surface area contributed by atoms with E-state index in [4.69, 9.17) is 9.47 Å². The molecule has 2 aliphatic rings. The maximum atomic E-state index is 12.3. The summed E-state index contributed by atoms with van der Waals surface area (Å²) in [6.45, 7) is 15.4. The number of hydrogen-bond acceptors (Lipinski definition) is 8. The van der Waals surface area contributed by atoms with Gasteiger partial charge in [0.25, 0.3) is 0 Å². The lowest BCUT2D eigenvalue weighted by Gasteiger charge is -2.52. The van der Waals surface area contributed by atoms with Crippen LogP contribution in [0.3, 0.4) is 0 Å². The number of ether oxygens (including phenoxy) is 2. The van der Waals surface area contributed by atoms with Crippen molar-refractivity contribution >= 4 is 11.9 Å². The minimum absolute atomic E-state index is 0.224. The molecule has 0 aromatic heterocycles. The van der Waals surface area contributed by atoms with Crippen molar-refractivity contribution in [1.82, 2.24) is 10.1 Å². The fraction of sp³-hybridized carbons (Fsp3) is 0.917. The van der Waals surface area contributed by atoms with Gasteiger partial charge >= 0.3 is 11.9 Å². The van der Waals surface area contributed by atoms with Gasteiger partial charge in [-0.15, -0.1) is 0 Å². The summed E-state index contributed by atoms with van der Waals surface area (Å²) in [4.78, 5) is 24.7. The molecule has 2 saturated heterocycles. The SMILES string of the molecule is CC1(C)CCC(OC(=O)CCCCC(=O)OC2CCC(C)(C)N(O)C2(C)C)C(C)(C)N1O. The quantitative estimate of drug-likeness (QED) is 0.428. The van der Waals surface area contributed by atoms with E-state index in [2.05, 4.69) is 0 Å². The lowest BCUT2D eigenvalue weighted by molar-refractivity contribution is -0.273. The third kappa shape index (κ3) is 5.82. The first kappa shape index (κ1) is 27.0. The van der Waals surface area contributed by atoms with Crippen LogP contribution in [0.4, 0.5) is 0 Å². The maximum absolute atomic E-state index is 12.3. The molecule has 0 saturated carbocycles. The van der Waals surface area contributed by atoms with Crippen LogP contribution in [-0.4, -0.2) is 66.8 Å². The summed E-state index contributed by atoms with van der Waals surface area (Å²) in [5.41, 5.74) is -2.04. The minimum atomic E-state index is -0.664. The van der Waals surface area contributed by atoms with Gasteiger partial charge in [-0.1, -0.05) is 0 Å². The van der Waals surface area contributed by atoms with E-state index < -0.39 is 11.1 Å². The molecule has 8 heteroatoms. The van der Waals surface area contributed by atoms with Crippen LogP contribution in [0.5, 0.6) is 0 Å². The van der Waals surface area contributed by atoms with Crippen molar-refractivity contribution in [2.45, 2.75) is 141 Å². The van der Waals surface area contributed by atoms with Crippen molar-refractivity contribution in [3.8, 4) is 0 Å². The summed E-state index contributed by atoms with van der Waals surface area (Å²) in [6, 6.07) is 0. The number of esters is 2. The highest BCUT2D eigenvalue weighted by Crippen LogP contribution is 2.39. The summed E-state index contributed by atoms with van der Waals surface area (Å²) in [5.74, 6) is -0.618. The largest absolute Gasteiger partial charge is 0.460 e. The topological polar surface area (TPSA) is 99.5 Å². The number of rotatable bonds is 7. The van der Waals surface area contributed by atoms with Crippen LogP contribution in [0.2, 0.25) is 0 Å². The fourth-order valence-corrected chi connectivity index (χ4v) is 5.10. The zero-order valence-corrected chi connectivity index (χ0v) is 21.2. The Morgan fingerprint density at radius 3 is 1.34 bits per heavy atom. The number of piperidine rings is 2. The van der Waals surface area contributed by atoms with Gasteiger partial charge in [0, 0.05) is 23.9 Å². The van der Waals surface area contributed by atoms with Gasteiger partial charge in [0.2, 0.25) is 0 Å². The monoisotopic (exact) mass is 456 g/mol. The van der Waals surface area contributed by atoms with E-state index in [1.54, 1.807) is 0 Å². The van der Waals surface area contributed by atoms with Gasteiger partial charge in [-0.3, -0.25) is 9.59 Å². The summed E-state index contributed by atoms with van der Waals surface area (Å²) in [5, 5.41) is 23.6. The molecule has 2 unspecified atom stereocenters. The van der Waals surface area contributed by atoms with Crippen molar-refractivity contribution in [1.29, 1.82) is 0 Å². The lowest BCUT2D eigenvalue weighted by atomic mass is 9.80. The van der Waals surface area contributed by atoms with Gasteiger partial charge in [0.05, 0.1) is 11.1 Å². The Labute approximate surface area is 193 Å². The molecular formula is C24H44N2O6. The molecule has 2 rings (SSSR count). The molecule has 2 heterocycles. The molecule has 8 nitrogen and oxygen atoms in total. The van der Waals surface area contributed by atoms with Gasteiger partial charge in [0.1, 0.15) is 12.2 Å². The van der Waals surface area contributed by atoms with Crippen molar-refractivity contribution in [3.05, 3.63) is 0 Å². The van der Waals surface area contributed by atoms with Crippen molar-refractivity contribution in [2.75, 3.05) is 0 Å². The summed E-state index contributed by atoms with van der Waals surface area (Å²) in [6.07, 6.45) is 3.62. The molecule has 0 bridgehead atoms. The molecule has 186 valence electrons. The Morgan fingerprint density at radius 1 is 0.719 bits per heavy atom. The van der Waals surface area contributed by atoms with E-state index in [9.17, 15) is 20.0 Å². The maximum Gasteiger partial charge on any atom is 0.306 e. The van der Waals surface area contributed by atoms with Crippen molar-refractivity contribution in [2.24, 2.45) is 0 Å². The van der Waals surface area contributed by atoms with E-state index in [0.717, 1.165) is 12.8 Å². The van der Waals surface area contributed by atoms with Gasteiger partial charge in [-0.25, -0.2) is 0 Å². The standard InChI is InChI=1S/C24H44N2O6/c1-21(2)15-13-17(23(5,6)25(21)29)31-19(27)11-9-10-12-20(28)32-18-14-16-22(3,4)26(30)24(18,7)8/h17-18,29-30H,9-16H2,1-8H3. The Kier molecular flexibility index (Phi) is 8.08. The number of hydrogen-bond donors (Lipinski definition) is 2. The Hall–Kier alpha value is -1.22. The zero-order chi connectivity index (χ0) is 24.5. The highest BCUT2D eigenvalue weighted by Gasteiger charge is 2.49. The van der Waals surface area contributed by atoms with Crippen LogP contribution in [0.25, 0.3) is 0 Å². The normalized spacial score (nSPS) is 29.3. The second-order valence-corrected chi connectivity index (χ2v) is 11.8. The molecule has 0 spiro atoms. The Morgan fingerprint density at radius 2 is 1.03 bits per heavy atom. The first-order chi connectivity index (χ1) is 14.5. The first-order valence-electron chi connectivity index (χ1n) is 11.9. The van der Waals surface area contributed by atoms with E-state index in [0.29, 0.717) is 25.7 Å². The number of carbonyl (C=O) groups is 2. The van der Waals surface area contributed by atoms with E-state index >= 15 is 0 Å². The lowest BCUT2D eigenvalue weighted by Crippen LogP contribution is -2.63. The predicted molar refractivity (Wildman–Crippen MR) is 120 cm³/mol. The second kappa shape index (κ2) is 9.57. The molecule has 0 radical (unpaired) electrons. The average Bonchev–Trinajstić information content (AvgIpc) is 2.68. The van der Waals surface area contributed by atoms with Crippen molar-refractivity contribution < 1.29 is 29.5 Å². The molecule has 0 aliphatic carbocycles. The van der Waals surface area contributed by atoms with Gasteiger partial charge in [-0.2, -0.15) is 10.1 Å². The van der Waals surface area contributed by atoms with Crippen LogP contribution in [0, 0.1) is 0 Å². The van der Waals surface area contributed by atoms with Gasteiger partial charge in [-0.05, 0) is 93.9 Å². The smallest absolute Gasteiger partial charge is 0.306 e. The van der Waals surface area contributed by atoms with E-state index in [-0.39, 0.29) is 48.1 Å². The van der Waals surface area contributed by atoms with E-state index in [1.807, 2.05) is 55.4 Å².